The van der Waals surface area contributed by atoms with Gasteiger partial charge in [-0.05, 0) is 53.8 Å². The van der Waals surface area contributed by atoms with Crippen molar-refractivity contribution in [1.29, 1.82) is 0 Å². The Labute approximate surface area is 172 Å². The molecule has 0 fully saturated rings. The van der Waals surface area contributed by atoms with E-state index in [4.69, 9.17) is 0 Å². The second-order valence-corrected chi connectivity index (χ2v) is 7.50. The summed E-state index contributed by atoms with van der Waals surface area (Å²) in [6, 6.07) is 22.7. The van der Waals surface area contributed by atoms with Gasteiger partial charge >= 0.3 is 0 Å². The van der Waals surface area contributed by atoms with Gasteiger partial charge in [-0.25, -0.2) is 0 Å². The molecule has 3 aromatic rings. The molecule has 0 aliphatic carbocycles. The van der Waals surface area contributed by atoms with E-state index in [1.165, 1.54) is 0 Å². The van der Waals surface area contributed by atoms with Crippen LogP contribution in [0.3, 0.4) is 0 Å². The lowest BCUT2D eigenvalue weighted by Crippen LogP contribution is -2.27. The Balaban J connectivity index is 1.79. The summed E-state index contributed by atoms with van der Waals surface area (Å²) in [5.41, 5.74) is 4.61. The predicted molar refractivity (Wildman–Crippen MR) is 118 cm³/mol. The maximum Gasteiger partial charge on any atom is 0.256 e. The second-order valence-electron chi connectivity index (χ2n) is 7.50. The lowest BCUT2D eigenvalue weighted by atomic mass is 9.99. The summed E-state index contributed by atoms with van der Waals surface area (Å²) < 4.78 is 0. The van der Waals surface area contributed by atoms with Crippen molar-refractivity contribution in [2.75, 3.05) is 11.9 Å². The third-order valence-corrected chi connectivity index (χ3v) is 4.66. The van der Waals surface area contributed by atoms with Gasteiger partial charge in [0.05, 0.1) is 0 Å². The summed E-state index contributed by atoms with van der Waals surface area (Å²) in [7, 11) is 0. The molecule has 4 nitrogen and oxygen atoms in total. The fourth-order valence-corrected chi connectivity index (χ4v) is 3.08. The van der Waals surface area contributed by atoms with E-state index in [-0.39, 0.29) is 11.8 Å². The molecule has 3 aromatic carbocycles. The SMILES string of the molecule is Cc1cc(C(=O)NCC(C)C)ccc1NC(=O)c1ccccc1-c1ccccc1. The number of hydrogen-bond acceptors (Lipinski definition) is 2. The summed E-state index contributed by atoms with van der Waals surface area (Å²) in [5, 5.41) is 5.89. The van der Waals surface area contributed by atoms with E-state index in [1.54, 1.807) is 18.2 Å². The number of amides is 2. The van der Waals surface area contributed by atoms with Crippen LogP contribution in [0, 0.1) is 12.8 Å². The van der Waals surface area contributed by atoms with E-state index in [9.17, 15) is 9.59 Å². The van der Waals surface area contributed by atoms with Gasteiger partial charge in [0.2, 0.25) is 0 Å². The fourth-order valence-electron chi connectivity index (χ4n) is 3.08. The average molecular weight is 386 g/mol. The van der Waals surface area contributed by atoms with Gasteiger partial charge < -0.3 is 10.6 Å². The molecule has 0 spiro atoms. The molecular formula is C25H26N2O2. The molecule has 0 aromatic heterocycles. The average Bonchev–Trinajstić information content (AvgIpc) is 2.74. The third-order valence-electron chi connectivity index (χ3n) is 4.66. The minimum absolute atomic E-state index is 0.103. The number of rotatable bonds is 6. The van der Waals surface area contributed by atoms with Gasteiger partial charge in [-0.15, -0.1) is 0 Å². The summed E-state index contributed by atoms with van der Waals surface area (Å²) in [6.07, 6.45) is 0. The van der Waals surface area contributed by atoms with Crippen LogP contribution in [-0.2, 0) is 0 Å². The normalized spacial score (nSPS) is 10.6. The number of anilines is 1. The number of hydrogen-bond donors (Lipinski definition) is 2. The number of aryl methyl sites for hydroxylation is 1. The van der Waals surface area contributed by atoms with E-state index in [0.29, 0.717) is 29.3 Å². The molecule has 0 atom stereocenters. The van der Waals surface area contributed by atoms with Crippen LogP contribution >= 0.6 is 0 Å². The zero-order chi connectivity index (χ0) is 20.8. The fraction of sp³-hybridized carbons (Fsp3) is 0.200. The molecule has 0 unspecified atom stereocenters. The van der Waals surface area contributed by atoms with Crippen molar-refractivity contribution in [1.82, 2.24) is 5.32 Å². The Hall–Kier alpha value is -3.40. The van der Waals surface area contributed by atoms with Crippen LogP contribution in [0.2, 0.25) is 0 Å². The highest BCUT2D eigenvalue weighted by atomic mass is 16.2. The Bertz CT molecular complexity index is 1010. The van der Waals surface area contributed by atoms with Crippen molar-refractivity contribution >= 4 is 17.5 Å². The van der Waals surface area contributed by atoms with Crippen LogP contribution in [-0.4, -0.2) is 18.4 Å². The molecule has 0 saturated heterocycles. The van der Waals surface area contributed by atoms with Crippen LogP contribution in [0.25, 0.3) is 11.1 Å². The van der Waals surface area contributed by atoms with Crippen LogP contribution in [0.15, 0.2) is 72.8 Å². The molecule has 4 heteroatoms. The molecule has 0 aliphatic rings. The van der Waals surface area contributed by atoms with Gasteiger partial charge in [-0.1, -0.05) is 62.4 Å². The first-order valence-electron chi connectivity index (χ1n) is 9.80. The van der Waals surface area contributed by atoms with Crippen molar-refractivity contribution < 1.29 is 9.59 Å². The van der Waals surface area contributed by atoms with Crippen molar-refractivity contribution in [3.05, 3.63) is 89.5 Å². The maximum atomic E-state index is 13.0. The highest BCUT2D eigenvalue weighted by molar-refractivity contribution is 6.09. The molecule has 3 rings (SSSR count). The highest BCUT2D eigenvalue weighted by Gasteiger charge is 2.14. The van der Waals surface area contributed by atoms with E-state index in [0.717, 1.165) is 16.7 Å². The number of carbonyl (C=O) groups is 2. The van der Waals surface area contributed by atoms with Crippen LogP contribution in [0.5, 0.6) is 0 Å². The molecule has 0 radical (unpaired) electrons. The smallest absolute Gasteiger partial charge is 0.256 e. The first-order valence-corrected chi connectivity index (χ1v) is 9.80. The molecule has 0 bridgehead atoms. The van der Waals surface area contributed by atoms with Crippen LogP contribution < -0.4 is 10.6 Å². The van der Waals surface area contributed by atoms with E-state index in [2.05, 4.69) is 24.5 Å². The molecule has 29 heavy (non-hydrogen) atoms. The molecule has 0 heterocycles. The minimum atomic E-state index is -0.176. The van der Waals surface area contributed by atoms with Crippen LogP contribution in [0.1, 0.15) is 40.1 Å². The third kappa shape index (κ3) is 5.11. The van der Waals surface area contributed by atoms with Crippen molar-refractivity contribution in [2.24, 2.45) is 5.92 Å². The van der Waals surface area contributed by atoms with Crippen molar-refractivity contribution in [3.63, 3.8) is 0 Å². The quantitative estimate of drug-likeness (QED) is 0.604. The molecule has 0 saturated carbocycles. The second kappa shape index (κ2) is 9.20. The molecule has 0 aliphatic heterocycles. The topological polar surface area (TPSA) is 58.2 Å². The van der Waals surface area contributed by atoms with E-state index < -0.39 is 0 Å². The van der Waals surface area contributed by atoms with Gasteiger partial charge in [0, 0.05) is 23.4 Å². The maximum absolute atomic E-state index is 13.0. The Morgan fingerprint density at radius 1 is 0.862 bits per heavy atom. The molecular weight excluding hydrogens is 360 g/mol. The van der Waals surface area contributed by atoms with Gasteiger partial charge in [0.1, 0.15) is 0 Å². The zero-order valence-electron chi connectivity index (χ0n) is 17.0. The first-order chi connectivity index (χ1) is 14.0. The highest BCUT2D eigenvalue weighted by Crippen LogP contribution is 2.25. The number of nitrogens with one attached hydrogen (secondary N) is 2. The molecule has 148 valence electrons. The van der Waals surface area contributed by atoms with Crippen molar-refractivity contribution in [2.45, 2.75) is 20.8 Å². The number of benzene rings is 3. The van der Waals surface area contributed by atoms with Gasteiger partial charge in [0.25, 0.3) is 11.8 Å². The van der Waals surface area contributed by atoms with Gasteiger partial charge in [-0.2, -0.15) is 0 Å². The summed E-state index contributed by atoms with van der Waals surface area (Å²) in [6.45, 7) is 6.62. The van der Waals surface area contributed by atoms with E-state index in [1.807, 2.05) is 61.5 Å². The molecule has 2 N–H and O–H groups in total. The largest absolute Gasteiger partial charge is 0.352 e. The Kier molecular flexibility index (Phi) is 6.45. The lowest BCUT2D eigenvalue weighted by molar-refractivity contribution is 0.0948. The van der Waals surface area contributed by atoms with E-state index >= 15 is 0 Å². The summed E-state index contributed by atoms with van der Waals surface area (Å²) in [4.78, 5) is 25.2. The molecule has 2 amide bonds. The standard InChI is InChI=1S/C25H26N2O2/c1-17(2)16-26-24(28)20-13-14-23(18(3)15-20)27-25(29)22-12-8-7-11-21(22)19-9-5-4-6-10-19/h4-15,17H,16H2,1-3H3,(H,26,28)(H,27,29). The van der Waals surface area contributed by atoms with Crippen LogP contribution in [0.4, 0.5) is 5.69 Å². The number of carbonyl (C=O) groups excluding carboxylic acids is 2. The van der Waals surface area contributed by atoms with Gasteiger partial charge in [-0.3, -0.25) is 9.59 Å². The lowest BCUT2D eigenvalue weighted by Gasteiger charge is -2.13. The van der Waals surface area contributed by atoms with Gasteiger partial charge in [0.15, 0.2) is 0 Å². The summed E-state index contributed by atoms with van der Waals surface area (Å²) in [5.74, 6) is 0.113. The Morgan fingerprint density at radius 3 is 2.24 bits per heavy atom. The van der Waals surface area contributed by atoms with Crippen molar-refractivity contribution in [3.8, 4) is 11.1 Å². The summed E-state index contributed by atoms with van der Waals surface area (Å²) >= 11 is 0. The first kappa shape index (κ1) is 20.3. The predicted octanol–water partition coefficient (Wildman–Crippen LogP) is 5.30. The Morgan fingerprint density at radius 2 is 1.55 bits per heavy atom. The monoisotopic (exact) mass is 386 g/mol. The zero-order valence-corrected chi connectivity index (χ0v) is 17.0. The minimum Gasteiger partial charge on any atom is -0.352 e.